The van der Waals surface area contributed by atoms with Crippen molar-refractivity contribution in [3.05, 3.63) is 54.1 Å². The Balaban J connectivity index is 1.81. The Morgan fingerprint density at radius 1 is 0.923 bits per heavy atom. The Labute approximate surface area is 151 Å². The average Bonchev–Trinajstić information content (AvgIpc) is 2.65. The molecule has 0 bridgehead atoms. The fourth-order valence-corrected chi connectivity index (χ4v) is 2.19. The molecule has 0 saturated heterocycles. The smallest absolute Gasteiger partial charge is 0.341 e. The summed E-state index contributed by atoms with van der Waals surface area (Å²) in [5.41, 5.74) is 0.866. The molecule has 0 spiro atoms. The molecule has 0 saturated carbocycles. The molecular weight excluding hydrogens is 338 g/mol. The molecule has 2 rings (SSSR count). The van der Waals surface area contributed by atoms with Crippen molar-refractivity contribution >= 4 is 11.9 Å². The van der Waals surface area contributed by atoms with Gasteiger partial charge in [-0.05, 0) is 48.9 Å². The van der Waals surface area contributed by atoms with Gasteiger partial charge < -0.3 is 24.6 Å². The van der Waals surface area contributed by atoms with Crippen LogP contribution in [0.25, 0.3) is 0 Å². The Morgan fingerprint density at radius 2 is 1.42 bits per heavy atom. The van der Waals surface area contributed by atoms with Crippen LogP contribution in [0.2, 0.25) is 0 Å². The number of amides is 1. The molecule has 1 amide bonds. The van der Waals surface area contributed by atoms with Gasteiger partial charge in [-0.25, -0.2) is 4.79 Å². The molecule has 7 heteroatoms. The summed E-state index contributed by atoms with van der Waals surface area (Å²) in [4.78, 5) is 22.5. The largest absolute Gasteiger partial charge is 0.497 e. The van der Waals surface area contributed by atoms with Crippen LogP contribution in [0.3, 0.4) is 0 Å². The number of hydrogen-bond acceptors (Lipinski definition) is 5. The molecule has 0 heterocycles. The minimum absolute atomic E-state index is 0.101. The van der Waals surface area contributed by atoms with E-state index in [9.17, 15) is 9.59 Å². The zero-order valence-electron chi connectivity index (χ0n) is 14.6. The minimum atomic E-state index is -1.04. The summed E-state index contributed by atoms with van der Waals surface area (Å²) in [6.45, 7) is 1.35. The monoisotopic (exact) mass is 359 g/mol. The normalized spacial score (nSPS) is 11.3. The Kier molecular flexibility index (Phi) is 6.84. The van der Waals surface area contributed by atoms with Gasteiger partial charge in [0.05, 0.1) is 13.2 Å². The van der Waals surface area contributed by atoms with Crippen molar-refractivity contribution in [3.63, 3.8) is 0 Å². The van der Waals surface area contributed by atoms with Gasteiger partial charge in [-0.15, -0.1) is 0 Å². The fraction of sp³-hybridized carbons (Fsp3) is 0.263. The van der Waals surface area contributed by atoms with Gasteiger partial charge in [0.1, 0.15) is 17.2 Å². The molecule has 138 valence electrons. The van der Waals surface area contributed by atoms with E-state index >= 15 is 0 Å². The van der Waals surface area contributed by atoms with Crippen LogP contribution in [0, 0.1) is 0 Å². The molecule has 2 aromatic rings. The Morgan fingerprint density at radius 3 is 1.96 bits per heavy atom. The van der Waals surface area contributed by atoms with Crippen LogP contribution in [0.15, 0.2) is 48.5 Å². The molecular formula is C19H21NO6. The van der Waals surface area contributed by atoms with Gasteiger partial charge in [-0.3, -0.25) is 4.79 Å². The molecule has 7 nitrogen and oxygen atoms in total. The van der Waals surface area contributed by atoms with Crippen molar-refractivity contribution in [1.29, 1.82) is 0 Å². The van der Waals surface area contributed by atoms with Gasteiger partial charge in [0, 0.05) is 0 Å². The zero-order chi connectivity index (χ0) is 18.9. The highest BCUT2D eigenvalue weighted by Gasteiger charge is 2.11. The Hall–Kier alpha value is -3.22. The quantitative estimate of drug-likeness (QED) is 0.714. The first-order valence-corrected chi connectivity index (χ1v) is 7.98. The van der Waals surface area contributed by atoms with Crippen molar-refractivity contribution in [2.45, 2.75) is 13.0 Å². The van der Waals surface area contributed by atoms with Crippen LogP contribution in [-0.2, 0) is 9.59 Å². The first kappa shape index (κ1) is 19.1. The molecule has 0 aliphatic carbocycles. The van der Waals surface area contributed by atoms with Gasteiger partial charge >= 0.3 is 5.97 Å². The summed E-state index contributed by atoms with van der Waals surface area (Å²) >= 11 is 0. The number of aliphatic carboxylic acids is 1. The summed E-state index contributed by atoms with van der Waals surface area (Å²) in [7, 11) is 1.58. The lowest BCUT2D eigenvalue weighted by Crippen LogP contribution is -2.31. The molecule has 26 heavy (non-hydrogen) atoms. The molecule has 0 radical (unpaired) electrons. The topological polar surface area (TPSA) is 94.1 Å². The second-order valence-corrected chi connectivity index (χ2v) is 5.50. The predicted molar refractivity (Wildman–Crippen MR) is 94.6 cm³/mol. The van der Waals surface area contributed by atoms with Gasteiger partial charge in [0.2, 0.25) is 0 Å². The molecule has 1 atom stereocenters. The van der Waals surface area contributed by atoms with E-state index < -0.39 is 12.6 Å². The van der Waals surface area contributed by atoms with Crippen LogP contribution in [0.5, 0.6) is 17.2 Å². The number of carboxylic acid groups (broad SMARTS) is 1. The number of carboxylic acids is 1. The summed E-state index contributed by atoms with van der Waals surface area (Å²) in [5, 5.41) is 11.4. The summed E-state index contributed by atoms with van der Waals surface area (Å²) < 4.78 is 15.6. The predicted octanol–water partition coefficient (Wildman–Crippen LogP) is 2.41. The maximum atomic E-state index is 12.0. The van der Waals surface area contributed by atoms with Gasteiger partial charge in [-0.2, -0.15) is 0 Å². The summed E-state index contributed by atoms with van der Waals surface area (Å²) in [5.74, 6) is 0.461. The van der Waals surface area contributed by atoms with Crippen molar-refractivity contribution < 1.29 is 28.9 Å². The number of methoxy groups -OCH3 is 1. The van der Waals surface area contributed by atoms with Crippen molar-refractivity contribution in [2.24, 2.45) is 0 Å². The molecule has 0 aliphatic rings. The maximum Gasteiger partial charge on any atom is 0.341 e. The van der Waals surface area contributed by atoms with E-state index in [1.807, 2.05) is 6.92 Å². The third-order valence-electron chi connectivity index (χ3n) is 3.55. The lowest BCUT2D eigenvalue weighted by atomic mass is 10.1. The SMILES string of the molecule is COc1ccc(OCC(=O)NC(C)c2ccc(OCC(=O)O)cc2)cc1. The van der Waals surface area contributed by atoms with Crippen LogP contribution in [0.4, 0.5) is 0 Å². The molecule has 2 aromatic carbocycles. The second-order valence-electron chi connectivity index (χ2n) is 5.50. The fourth-order valence-electron chi connectivity index (χ4n) is 2.19. The van der Waals surface area contributed by atoms with Gasteiger partial charge in [0.25, 0.3) is 5.91 Å². The van der Waals surface area contributed by atoms with Gasteiger partial charge in [0.15, 0.2) is 13.2 Å². The number of rotatable bonds is 9. The molecule has 0 aliphatic heterocycles. The van der Waals surface area contributed by atoms with Gasteiger partial charge in [-0.1, -0.05) is 12.1 Å². The number of benzene rings is 2. The average molecular weight is 359 g/mol. The molecule has 0 fully saturated rings. The second kappa shape index (κ2) is 9.31. The van der Waals surface area contributed by atoms with Crippen molar-refractivity contribution in [3.8, 4) is 17.2 Å². The van der Waals surface area contributed by atoms with Crippen LogP contribution in [-0.4, -0.2) is 37.3 Å². The van der Waals surface area contributed by atoms with Crippen molar-refractivity contribution in [2.75, 3.05) is 20.3 Å². The lowest BCUT2D eigenvalue weighted by molar-refractivity contribution is -0.139. The lowest BCUT2D eigenvalue weighted by Gasteiger charge is -2.15. The third kappa shape index (κ3) is 6.01. The summed E-state index contributed by atoms with van der Waals surface area (Å²) in [6.07, 6.45) is 0. The van der Waals surface area contributed by atoms with E-state index in [0.29, 0.717) is 17.2 Å². The van der Waals surface area contributed by atoms with E-state index in [1.165, 1.54) is 0 Å². The highest BCUT2D eigenvalue weighted by Crippen LogP contribution is 2.18. The van der Waals surface area contributed by atoms with Crippen LogP contribution >= 0.6 is 0 Å². The molecule has 2 N–H and O–H groups in total. The van der Waals surface area contributed by atoms with E-state index in [2.05, 4.69) is 5.32 Å². The van der Waals surface area contributed by atoms with E-state index in [-0.39, 0.29) is 18.6 Å². The van der Waals surface area contributed by atoms with E-state index in [1.54, 1.807) is 55.6 Å². The maximum absolute atomic E-state index is 12.0. The summed E-state index contributed by atoms with van der Waals surface area (Å²) in [6, 6.07) is 13.6. The first-order valence-electron chi connectivity index (χ1n) is 7.98. The highest BCUT2D eigenvalue weighted by atomic mass is 16.5. The number of nitrogens with one attached hydrogen (secondary N) is 1. The third-order valence-corrected chi connectivity index (χ3v) is 3.55. The highest BCUT2D eigenvalue weighted by molar-refractivity contribution is 5.78. The molecule has 1 unspecified atom stereocenters. The van der Waals surface area contributed by atoms with Crippen molar-refractivity contribution in [1.82, 2.24) is 5.32 Å². The molecule has 0 aromatic heterocycles. The zero-order valence-corrected chi connectivity index (χ0v) is 14.6. The number of hydrogen-bond donors (Lipinski definition) is 2. The van der Waals surface area contributed by atoms with E-state index in [0.717, 1.165) is 5.56 Å². The van der Waals surface area contributed by atoms with E-state index in [4.69, 9.17) is 19.3 Å². The minimum Gasteiger partial charge on any atom is -0.497 e. The van der Waals surface area contributed by atoms with Crippen LogP contribution in [0.1, 0.15) is 18.5 Å². The number of carbonyl (C=O) groups is 2. The van der Waals surface area contributed by atoms with Crippen LogP contribution < -0.4 is 19.5 Å². The number of carbonyl (C=O) groups excluding carboxylic acids is 1. The number of ether oxygens (including phenoxy) is 3. The standard InChI is InChI=1S/C19H21NO6/c1-13(14-3-5-16(6-4-14)26-12-19(22)23)20-18(21)11-25-17-9-7-15(24-2)8-10-17/h3-10,13H,11-12H2,1-2H3,(H,20,21)(H,22,23). The first-order chi connectivity index (χ1) is 12.5. The Bertz CT molecular complexity index is 727.